The number of halogens is 1. The van der Waals surface area contributed by atoms with Gasteiger partial charge in [0.05, 0.1) is 0 Å². The average Bonchev–Trinajstić information content (AvgIpc) is 3.15. The summed E-state index contributed by atoms with van der Waals surface area (Å²) in [6.45, 7) is 8.57. The van der Waals surface area contributed by atoms with Crippen LogP contribution in [0.4, 0.5) is 34.1 Å². The number of hydrogen-bond acceptors (Lipinski definition) is 2. The van der Waals surface area contributed by atoms with Gasteiger partial charge in [0.15, 0.2) is 0 Å². The van der Waals surface area contributed by atoms with Crippen LogP contribution in [0.25, 0.3) is 32.7 Å². The summed E-state index contributed by atoms with van der Waals surface area (Å²) in [5.74, 6) is 0. The normalized spacial score (nSPS) is 11.2. The lowest BCUT2D eigenvalue weighted by Gasteiger charge is -2.31. The lowest BCUT2D eigenvalue weighted by molar-refractivity contribution is 1.24. The smallest absolute Gasteiger partial charge is 0.0488 e. The molecule has 3 heteroatoms. The molecule has 0 amide bonds. The Morgan fingerprint density at radius 3 is 0.941 bits per heavy atom. The molecule has 8 aromatic carbocycles. The second-order valence-corrected chi connectivity index (χ2v) is 14.3. The van der Waals surface area contributed by atoms with Gasteiger partial charge in [-0.25, -0.2) is 0 Å². The van der Waals surface area contributed by atoms with E-state index >= 15 is 0 Å². The molecule has 0 saturated carbocycles. The number of fused-ring (bicyclic) bond motifs is 2. The van der Waals surface area contributed by atoms with E-state index in [0.29, 0.717) is 0 Å². The third kappa shape index (κ3) is 6.30. The SMILES string of the molecule is Cc1ccc(N(c2ccc(C)cc2)c2cc(-c3c4ccccc4c(Br)c4ccccc34)cc(N(c3ccc(C)cc3)c3ccc(C)cc3)c2)cc1. The Morgan fingerprint density at radius 2 is 0.627 bits per heavy atom. The summed E-state index contributed by atoms with van der Waals surface area (Å²) in [6, 6.07) is 59.9. The van der Waals surface area contributed by atoms with Crippen LogP contribution in [0.5, 0.6) is 0 Å². The molecule has 8 aromatic rings. The fourth-order valence-electron chi connectivity index (χ4n) is 7.05. The minimum absolute atomic E-state index is 1.08. The zero-order chi connectivity index (χ0) is 35.1. The van der Waals surface area contributed by atoms with E-state index < -0.39 is 0 Å². The molecule has 0 fully saturated rings. The van der Waals surface area contributed by atoms with Crippen LogP contribution in [0, 0.1) is 27.7 Å². The maximum atomic E-state index is 3.99. The standard InChI is InChI=1S/C48H39BrN2/c1-32-13-21-37(22-14-32)50(38-23-15-33(2)16-24-38)41-29-36(47-43-9-5-7-11-45(43)48(49)46-12-8-6-10-44(46)47)30-42(31-41)51(39-25-17-34(3)18-26-39)40-27-19-35(4)20-28-40/h5-31H,1-4H3. The summed E-state index contributed by atoms with van der Waals surface area (Å²) in [6.07, 6.45) is 0. The Morgan fingerprint density at radius 1 is 0.333 bits per heavy atom. The maximum Gasteiger partial charge on any atom is 0.0488 e. The number of hydrogen-bond donors (Lipinski definition) is 0. The van der Waals surface area contributed by atoms with Crippen molar-refractivity contribution in [3.63, 3.8) is 0 Å². The van der Waals surface area contributed by atoms with Crippen molar-refractivity contribution >= 4 is 71.6 Å². The summed E-state index contributed by atoms with van der Waals surface area (Å²) in [5, 5.41) is 4.81. The van der Waals surface area contributed by atoms with Gasteiger partial charge in [-0.3, -0.25) is 0 Å². The molecule has 0 heterocycles. The Balaban J connectivity index is 1.48. The molecule has 0 aromatic heterocycles. The lowest BCUT2D eigenvalue weighted by atomic mass is 9.91. The van der Waals surface area contributed by atoms with Gasteiger partial charge in [0.1, 0.15) is 0 Å². The van der Waals surface area contributed by atoms with Gasteiger partial charge in [-0.1, -0.05) is 119 Å². The third-order valence-electron chi connectivity index (χ3n) is 9.74. The molecule has 0 unspecified atom stereocenters. The molecule has 0 radical (unpaired) electrons. The molecule has 2 nitrogen and oxygen atoms in total. The number of aryl methyl sites for hydroxylation is 4. The first-order valence-electron chi connectivity index (χ1n) is 17.5. The van der Waals surface area contributed by atoms with E-state index in [-0.39, 0.29) is 0 Å². The molecule has 0 atom stereocenters. The Hall–Kier alpha value is -5.64. The van der Waals surface area contributed by atoms with Gasteiger partial charge in [0.2, 0.25) is 0 Å². The van der Waals surface area contributed by atoms with Crippen LogP contribution >= 0.6 is 15.9 Å². The van der Waals surface area contributed by atoms with Crippen molar-refractivity contribution in [2.45, 2.75) is 27.7 Å². The minimum Gasteiger partial charge on any atom is -0.310 e. The van der Waals surface area contributed by atoms with Crippen molar-refractivity contribution in [3.05, 3.63) is 191 Å². The van der Waals surface area contributed by atoms with Gasteiger partial charge in [-0.05, 0) is 143 Å². The summed E-state index contributed by atoms with van der Waals surface area (Å²) >= 11 is 3.99. The largest absolute Gasteiger partial charge is 0.310 e. The summed E-state index contributed by atoms with van der Waals surface area (Å²) in [4.78, 5) is 4.77. The molecule has 0 spiro atoms. The Bertz CT molecular complexity index is 2240. The predicted molar refractivity (Wildman–Crippen MR) is 223 cm³/mol. The van der Waals surface area contributed by atoms with Crippen LogP contribution in [-0.2, 0) is 0 Å². The highest BCUT2D eigenvalue weighted by molar-refractivity contribution is 9.10. The molecule has 51 heavy (non-hydrogen) atoms. The lowest BCUT2D eigenvalue weighted by Crippen LogP contribution is -2.14. The van der Waals surface area contributed by atoms with Gasteiger partial charge in [0, 0.05) is 38.6 Å². The molecule has 8 rings (SSSR count). The second-order valence-electron chi connectivity index (χ2n) is 13.5. The van der Waals surface area contributed by atoms with Crippen molar-refractivity contribution < 1.29 is 0 Å². The van der Waals surface area contributed by atoms with E-state index in [9.17, 15) is 0 Å². The fraction of sp³-hybridized carbons (Fsp3) is 0.0833. The molecule has 0 saturated heterocycles. The van der Waals surface area contributed by atoms with Crippen LogP contribution in [0.2, 0.25) is 0 Å². The predicted octanol–water partition coefficient (Wildman–Crippen LogP) is 14.6. The monoisotopic (exact) mass is 722 g/mol. The Labute approximate surface area is 309 Å². The molecule has 0 aliphatic heterocycles. The van der Waals surface area contributed by atoms with Crippen LogP contribution in [0.3, 0.4) is 0 Å². The zero-order valence-electron chi connectivity index (χ0n) is 29.4. The number of nitrogens with zero attached hydrogens (tertiary/aromatic N) is 2. The zero-order valence-corrected chi connectivity index (χ0v) is 30.9. The van der Waals surface area contributed by atoms with Crippen molar-refractivity contribution in [1.29, 1.82) is 0 Å². The van der Waals surface area contributed by atoms with Crippen molar-refractivity contribution in [2.75, 3.05) is 9.80 Å². The van der Waals surface area contributed by atoms with E-state index in [1.165, 1.54) is 49.4 Å². The molecular formula is C48H39BrN2. The van der Waals surface area contributed by atoms with Gasteiger partial charge < -0.3 is 9.80 Å². The summed E-state index contributed by atoms with van der Waals surface area (Å²) in [7, 11) is 0. The maximum absolute atomic E-state index is 3.99. The van der Waals surface area contributed by atoms with Crippen molar-refractivity contribution in [3.8, 4) is 11.1 Å². The van der Waals surface area contributed by atoms with Crippen LogP contribution in [0.15, 0.2) is 168 Å². The van der Waals surface area contributed by atoms with Crippen molar-refractivity contribution in [2.24, 2.45) is 0 Å². The van der Waals surface area contributed by atoms with E-state index in [4.69, 9.17) is 0 Å². The molecule has 248 valence electrons. The minimum atomic E-state index is 1.08. The highest BCUT2D eigenvalue weighted by atomic mass is 79.9. The number of benzene rings is 8. The van der Waals surface area contributed by atoms with Crippen LogP contribution < -0.4 is 9.80 Å². The average molecular weight is 724 g/mol. The highest BCUT2D eigenvalue weighted by Crippen LogP contribution is 2.47. The second kappa shape index (κ2) is 13.6. The molecule has 0 aliphatic rings. The topological polar surface area (TPSA) is 6.48 Å². The quantitative estimate of drug-likeness (QED) is 0.151. The highest BCUT2D eigenvalue weighted by Gasteiger charge is 2.22. The first-order valence-corrected chi connectivity index (χ1v) is 18.2. The van der Waals surface area contributed by atoms with E-state index in [1.54, 1.807) is 0 Å². The van der Waals surface area contributed by atoms with Gasteiger partial charge in [-0.15, -0.1) is 0 Å². The third-order valence-corrected chi connectivity index (χ3v) is 10.6. The van der Waals surface area contributed by atoms with Crippen LogP contribution in [-0.4, -0.2) is 0 Å². The number of rotatable bonds is 7. The summed E-state index contributed by atoms with van der Waals surface area (Å²) < 4.78 is 1.12. The first-order chi connectivity index (χ1) is 24.8. The van der Waals surface area contributed by atoms with Crippen LogP contribution in [0.1, 0.15) is 22.3 Å². The van der Waals surface area contributed by atoms with Crippen molar-refractivity contribution in [1.82, 2.24) is 0 Å². The van der Waals surface area contributed by atoms with Gasteiger partial charge in [0.25, 0.3) is 0 Å². The van der Waals surface area contributed by atoms with E-state index in [0.717, 1.165) is 44.2 Å². The first kappa shape index (κ1) is 32.6. The molecular weight excluding hydrogens is 684 g/mol. The van der Waals surface area contributed by atoms with Gasteiger partial charge >= 0.3 is 0 Å². The molecule has 0 N–H and O–H groups in total. The Kier molecular flexibility index (Phi) is 8.67. The number of anilines is 6. The summed E-state index contributed by atoms with van der Waals surface area (Å²) in [5.41, 5.74) is 13.9. The van der Waals surface area contributed by atoms with Gasteiger partial charge in [-0.2, -0.15) is 0 Å². The van der Waals surface area contributed by atoms with E-state index in [1.807, 2.05) is 0 Å². The van der Waals surface area contributed by atoms with E-state index in [2.05, 4.69) is 217 Å². The molecule has 0 aliphatic carbocycles. The fourth-order valence-corrected chi connectivity index (χ4v) is 7.75. The molecule has 0 bridgehead atoms.